The summed E-state index contributed by atoms with van der Waals surface area (Å²) in [5, 5.41) is 2.80. The fourth-order valence-electron chi connectivity index (χ4n) is 2.35. The standard InChI is InChI=1S/C20H23NO4/c1-5-6-15-8-10-18(19(12-15)24-4)25-13-20(22)21-16-11-14(2)7-9-17(16)23-3/h5-12H,13H2,1-4H3,(H,21,22)/b6-5+. The van der Waals surface area contributed by atoms with Crippen LogP contribution in [0, 0.1) is 6.92 Å². The number of ether oxygens (including phenoxy) is 3. The molecule has 5 heteroatoms. The van der Waals surface area contributed by atoms with Crippen molar-refractivity contribution in [3.8, 4) is 17.2 Å². The Hall–Kier alpha value is -2.95. The number of nitrogens with one attached hydrogen (secondary N) is 1. The van der Waals surface area contributed by atoms with Gasteiger partial charge >= 0.3 is 0 Å². The minimum Gasteiger partial charge on any atom is -0.495 e. The summed E-state index contributed by atoms with van der Waals surface area (Å²) in [6.07, 6.45) is 3.90. The summed E-state index contributed by atoms with van der Waals surface area (Å²) in [5.74, 6) is 1.43. The molecule has 0 unspecified atom stereocenters. The first-order valence-corrected chi connectivity index (χ1v) is 7.95. The van der Waals surface area contributed by atoms with Gasteiger partial charge in [-0.3, -0.25) is 4.79 Å². The van der Waals surface area contributed by atoms with Gasteiger partial charge in [0.1, 0.15) is 5.75 Å². The van der Waals surface area contributed by atoms with Crippen LogP contribution in [0.4, 0.5) is 5.69 Å². The highest BCUT2D eigenvalue weighted by molar-refractivity contribution is 5.93. The van der Waals surface area contributed by atoms with Crippen LogP contribution in [0.2, 0.25) is 0 Å². The predicted octanol–water partition coefficient (Wildman–Crippen LogP) is 4.06. The average molecular weight is 341 g/mol. The Morgan fingerprint density at radius 2 is 1.76 bits per heavy atom. The zero-order valence-electron chi connectivity index (χ0n) is 15.0. The Labute approximate surface area is 148 Å². The first-order valence-electron chi connectivity index (χ1n) is 7.95. The van der Waals surface area contributed by atoms with Crippen molar-refractivity contribution in [2.24, 2.45) is 0 Å². The molecule has 5 nitrogen and oxygen atoms in total. The van der Waals surface area contributed by atoms with Gasteiger partial charge in [-0.05, 0) is 49.2 Å². The quantitative estimate of drug-likeness (QED) is 0.825. The van der Waals surface area contributed by atoms with E-state index in [2.05, 4.69) is 5.32 Å². The first kappa shape index (κ1) is 18.4. The Balaban J connectivity index is 2.04. The summed E-state index contributed by atoms with van der Waals surface area (Å²) in [7, 11) is 3.13. The lowest BCUT2D eigenvalue weighted by molar-refractivity contribution is -0.118. The molecule has 1 amide bonds. The summed E-state index contributed by atoms with van der Waals surface area (Å²) in [5.41, 5.74) is 2.64. The smallest absolute Gasteiger partial charge is 0.262 e. The number of hydrogen-bond acceptors (Lipinski definition) is 4. The lowest BCUT2D eigenvalue weighted by Gasteiger charge is -2.13. The molecule has 0 bridgehead atoms. The van der Waals surface area contributed by atoms with Gasteiger partial charge in [-0.15, -0.1) is 0 Å². The molecule has 132 valence electrons. The first-order chi connectivity index (χ1) is 12.1. The van der Waals surface area contributed by atoms with Gasteiger partial charge in [-0.25, -0.2) is 0 Å². The molecule has 0 saturated carbocycles. The number of amides is 1. The van der Waals surface area contributed by atoms with Crippen LogP contribution in [0.15, 0.2) is 42.5 Å². The van der Waals surface area contributed by atoms with Gasteiger partial charge in [0.25, 0.3) is 5.91 Å². The third-order valence-corrected chi connectivity index (χ3v) is 3.53. The molecule has 2 aromatic rings. The lowest BCUT2D eigenvalue weighted by atomic mass is 10.2. The summed E-state index contributed by atoms with van der Waals surface area (Å²) < 4.78 is 16.2. The van der Waals surface area contributed by atoms with Gasteiger partial charge in [-0.2, -0.15) is 0 Å². The Kier molecular flexibility index (Phi) is 6.46. The number of carbonyl (C=O) groups is 1. The number of carbonyl (C=O) groups excluding carboxylic acids is 1. The van der Waals surface area contributed by atoms with E-state index < -0.39 is 0 Å². The molecule has 25 heavy (non-hydrogen) atoms. The molecule has 0 spiro atoms. The van der Waals surface area contributed by atoms with Crippen molar-refractivity contribution < 1.29 is 19.0 Å². The van der Waals surface area contributed by atoms with Crippen LogP contribution in [0.3, 0.4) is 0 Å². The van der Waals surface area contributed by atoms with Crippen LogP contribution in [0.5, 0.6) is 17.2 Å². The van der Waals surface area contributed by atoms with E-state index in [9.17, 15) is 4.79 Å². The van der Waals surface area contributed by atoms with Crippen molar-refractivity contribution in [1.82, 2.24) is 0 Å². The van der Waals surface area contributed by atoms with Gasteiger partial charge in [0, 0.05) is 0 Å². The van der Waals surface area contributed by atoms with Crippen LogP contribution in [-0.4, -0.2) is 26.7 Å². The number of anilines is 1. The van der Waals surface area contributed by atoms with Gasteiger partial charge in [-0.1, -0.05) is 24.3 Å². The fourth-order valence-corrected chi connectivity index (χ4v) is 2.35. The van der Waals surface area contributed by atoms with E-state index in [0.29, 0.717) is 22.9 Å². The summed E-state index contributed by atoms with van der Waals surface area (Å²) in [4.78, 5) is 12.2. The van der Waals surface area contributed by atoms with E-state index in [-0.39, 0.29) is 12.5 Å². The van der Waals surface area contributed by atoms with E-state index in [1.165, 1.54) is 0 Å². The molecule has 0 heterocycles. The van der Waals surface area contributed by atoms with Crippen LogP contribution >= 0.6 is 0 Å². The third kappa shape index (κ3) is 5.01. The Morgan fingerprint density at radius 3 is 2.44 bits per heavy atom. The molecule has 0 atom stereocenters. The second kappa shape index (κ2) is 8.78. The Morgan fingerprint density at radius 1 is 1.04 bits per heavy atom. The van der Waals surface area contributed by atoms with Gasteiger partial charge < -0.3 is 19.5 Å². The van der Waals surface area contributed by atoms with Gasteiger partial charge in [0.2, 0.25) is 0 Å². The minimum atomic E-state index is -0.275. The maximum atomic E-state index is 12.2. The van der Waals surface area contributed by atoms with Crippen molar-refractivity contribution in [3.05, 3.63) is 53.6 Å². The minimum absolute atomic E-state index is 0.129. The number of rotatable bonds is 7. The van der Waals surface area contributed by atoms with Crippen LogP contribution in [0.1, 0.15) is 18.1 Å². The summed E-state index contributed by atoms with van der Waals surface area (Å²) >= 11 is 0. The zero-order chi connectivity index (χ0) is 18.2. The van der Waals surface area contributed by atoms with Crippen LogP contribution in [0.25, 0.3) is 6.08 Å². The predicted molar refractivity (Wildman–Crippen MR) is 99.6 cm³/mol. The highest BCUT2D eigenvalue weighted by Gasteiger charge is 2.11. The molecule has 0 aliphatic rings. The topological polar surface area (TPSA) is 56.8 Å². The van der Waals surface area contributed by atoms with Gasteiger partial charge in [0.05, 0.1) is 19.9 Å². The highest BCUT2D eigenvalue weighted by Crippen LogP contribution is 2.29. The average Bonchev–Trinajstić information content (AvgIpc) is 2.61. The molecular weight excluding hydrogens is 318 g/mol. The van der Waals surface area contributed by atoms with Crippen LogP contribution in [-0.2, 0) is 4.79 Å². The monoisotopic (exact) mass is 341 g/mol. The maximum Gasteiger partial charge on any atom is 0.262 e. The van der Waals surface area contributed by atoms with E-state index in [4.69, 9.17) is 14.2 Å². The summed E-state index contributed by atoms with van der Waals surface area (Å²) in [6, 6.07) is 11.1. The molecule has 0 aliphatic heterocycles. The molecule has 2 aromatic carbocycles. The number of benzene rings is 2. The van der Waals surface area contributed by atoms with E-state index in [1.54, 1.807) is 20.3 Å². The molecule has 0 radical (unpaired) electrons. The molecule has 0 saturated heterocycles. The highest BCUT2D eigenvalue weighted by atomic mass is 16.5. The third-order valence-electron chi connectivity index (χ3n) is 3.53. The van der Waals surface area contributed by atoms with Crippen molar-refractivity contribution in [2.75, 3.05) is 26.1 Å². The van der Waals surface area contributed by atoms with Crippen molar-refractivity contribution >= 4 is 17.7 Å². The molecule has 0 fully saturated rings. The fraction of sp³-hybridized carbons (Fsp3) is 0.250. The Bertz CT molecular complexity index is 768. The molecule has 0 aliphatic carbocycles. The number of methoxy groups -OCH3 is 2. The molecule has 2 rings (SSSR count). The van der Waals surface area contributed by atoms with Crippen LogP contribution < -0.4 is 19.5 Å². The van der Waals surface area contributed by atoms with E-state index in [1.807, 2.05) is 56.3 Å². The van der Waals surface area contributed by atoms with E-state index >= 15 is 0 Å². The molecular formula is C20H23NO4. The normalized spacial score (nSPS) is 10.6. The van der Waals surface area contributed by atoms with Gasteiger partial charge in [0.15, 0.2) is 18.1 Å². The number of allylic oxidation sites excluding steroid dienone is 1. The number of aryl methyl sites for hydroxylation is 1. The largest absolute Gasteiger partial charge is 0.495 e. The zero-order valence-corrected chi connectivity index (χ0v) is 15.0. The SMILES string of the molecule is C/C=C/c1ccc(OCC(=O)Nc2cc(C)ccc2OC)c(OC)c1. The second-order valence-electron chi connectivity index (χ2n) is 5.45. The van der Waals surface area contributed by atoms with E-state index in [0.717, 1.165) is 11.1 Å². The van der Waals surface area contributed by atoms with Crippen molar-refractivity contribution in [2.45, 2.75) is 13.8 Å². The van der Waals surface area contributed by atoms with Crippen molar-refractivity contribution in [1.29, 1.82) is 0 Å². The number of hydrogen-bond donors (Lipinski definition) is 1. The molecule has 1 N–H and O–H groups in total. The lowest BCUT2D eigenvalue weighted by Crippen LogP contribution is -2.20. The summed E-state index contributed by atoms with van der Waals surface area (Å²) in [6.45, 7) is 3.76. The van der Waals surface area contributed by atoms with Crippen molar-refractivity contribution in [3.63, 3.8) is 0 Å². The molecule has 0 aromatic heterocycles. The second-order valence-corrected chi connectivity index (χ2v) is 5.45. The maximum absolute atomic E-state index is 12.2.